The van der Waals surface area contributed by atoms with E-state index in [1.165, 1.54) is 44.9 Å². The van der Waals surface area contributed by atoms with Crippen LogP contribution in [-0.4, -0.2) is 11.1 Å². The highest BCUT2D eigenvalue weighted by Crippen LogP contribution is 2.19. The van der Waals surface area contributed by atoms with Crippen molar-refractivity contribution in [3.8, 4) is 0 Å². The van der Waals surface area contributed by atoms with Crippen molar-refractivity contribution in [2.45, 2.75) is 78.6 Å². The predicted octanol–water partition coefficient (Wildman–Crippen LogP) is 4.87. The number of aliphatic carboxylic acids is 1. The fourth-order valence-corrected chi connectivity index (χ4v) is 2.24. The van der Waals surface area contributed by atoms with Crippen LogP contribution in [0.4, 0.5) is 0 Å². The zero-order valence-electron chi connectivity index (χ0n) is 11.9. The maximum Gasteiger partial charge on any atom is 0.306 e. The first-order valence-electron chi connectivity index (χ1n) is 7.32. The Kier molecular flexibility index (Phi) is 10.3. The van der Waals surface area contributed by atoms with Crippen LogP contribution < -0.4 is 0 Å². The topological polar surface area (TPSA) is 37.3 Å². The monoisotopic (exact) mass is 242 g/mol. The van der Waals surface area contributed by atoms with Gasteiger partial charge in [0.05, 0.1) is 5.92 Å². The van der Waals surface area contributed by atoms with Crippen molar-refractivity contribution in [1.82, 2.24) is 0 Å². The molecule has 0 saturated heterocycles. The third kappa shape index (κ3) is 9.20. The molecule has 0 fully saturated rings. The van der Waals surface area contributed by atoms with Gasteiger partial charge in [0, 0.05) is 0 Å². The van der Waals surface area contributed by atoms with Crippen molar-refractivity contribution in [3.05, 3.63) is 0 Å². The minimum absolute atomic E-state index is 0.143. The van der Waals surface area contributed by atoms with E-state index in [2.05, 4.69) is 6.92 Å². The van der Waals surface area contributed by atoms with Crippen molar-refractivity contribution in [1.29, 1.82) is 0 Å². The summed E-state index contributed by atoms with van der Waals surface area (Å²) in [6, 6.07) is 0. The Balaban J connectivity index is 3.40. The Hall–Kier alpha value is -0.530. The maximum absolute atomic E-state index is 11.0. The van der Waals surface area contributed by atoms with Crippen molar-refractivity contribution in [3.63, 3.8) is 0 Å². The van der Waals surface area contributed by atoms with E-state index in [0.717, 1.165) is 12.8 Å². The third-order valence-corrected chi connectivity index (χ3v) is 3.49. The fraction of sp³-hybridized carbons (Fsp3) is 0.933. The molecule has 17 heavy (non-hydrogen) atoms. The van der Waals surface area contributed by atoms with Crippen LogP contribution >= 0.6 is 0 Å². The van der Waals surface area contributed by atoms with Gasteiger partial charge in [-0.25, -0.2) is 0 Å². The minimum Gasteiger partial charge on any atom is -0.481 e. The van der Waals surface area contributed by atoms with Gasteiger partial charge >= 0.3 is 5.97 Å². The summed E-state index contributed by atoms with van der Waals surface area (Å²) in [5, 5.41) is 9.04. The second kappa shape index (κ2) is 10.6. The van der Waals surface area contributed by atoms with E-state index in [4.69, 9.17) is 5.11 Å². The Morgan fingerprint density at radius 2 is 1.41 bits per heavy atom. The summed E-state index contributed by atoms with van der Waals surface area (Å²) in [7, 11) is 0. The van der Waals surface area contributed by atoms with Gasteiger partial charge in [-0.05, 0) is 12.3 Å². The van der Waals surface area contributed by atoms with Gasteiger partial charge in [-0.3, -0.25) is 4.79 Å². The molecule has 0 aliphatic carbocycles. The van der Waals surface area contributed by atoms with Crippen LogP contribution in [-0.2, 0) is 4.79 Å². The van der Waals surface area contributed by atoms with E-state index < -0.39 is 5.97 Å². The van der Waals surface area contributed by atoms with E-state index in [9.17, 15) is 4.79 Å². The van der Waals surface area contributed by atoms with Crippen LogP contribution in [0.15, 0.2) is 0 Å². The average molecular weight is 242 g/mol. The molecule has 0 bridgehead atoms. The summed E-state index contributed by atoms with van der Waals surface area (Å²) in [4.78, 5) is 11.0. The molecule has 0 aliphatic rings. The molecule has 0 aliphatic heterocycles. The Labute approximate surface area is 107 Å². The quantitative estimate of drug-likeness (QED) is 0.525. The van der Waals surface area contributed by atoms with E-state index in [1.807, 2.05) is 13.8 Å². The number of carbonyl (C=O) groups is 1. The summed E-state index contributed by atoms with van der Waals surface area (Å²) in [6.07, 6.45) is 11.1. The molecule has 0 amide bonds. The molecule has 2 heteroatoms. The number of carboxylic acids is 1. The van der Waals surface area contributed by atoms with Gasteiger partial charge in [0.15, 0.2) is 0 Å². The van der Waals surface area contributed by atoms with Crippen LogP contribution in [0.1, 0.15) is 78.6 Å². The molecule has 102 valence electrons. The Morgan fingerprint density at radius 3 is 1.82 bits per heavy atom. The van der Waals surface area contributed by atoms with E-state index >= 15 is 0 Å². The lowest BCUT2D eigenvalue weighted by molar-refractivity contribution is -0.143. The molecule has 1 atom stereocenters. The van der Waals surface area contributed by atoms with E-state index in [-0.39, 0.29) is 11.8 Å². The van der Waals surface area contributed by atoms with Crippen molar-refractivity contribution < 1.29 is 9.90 Å². The minimum atomic E-state index is -0.622. The van der Waals surface area contributed by atoms with Crippen LogP contribution in [0.2, 0.25) is 0 Å². The van der Waals surface area contributed by atoms with E-state index in [0.29, 0.717) is 0 Å². The zero-order chi connectivity index (χ0) is 13.1. The summed E-state index contributed by atoms with van der Waals surface area (Å²) in [6.45, 7) is 6.24. The lowest BCUT2D eigenvalue weighted by Crippen LogP contribution is -2.19. The molecule has 2 nitrogen and oxygen atoms in total. The largest absolute Gasteiger partial charge is 0.481 e. The van der Waals surface area contributed by atoms with Gasteiger partial charge < -0.3 is 5.11 Å². The van der Waals surface area contributed by atoms with Crippen molar-refractivity contribution >= 4 is 5.97 Å². The molecule has 1 unspecified atom stereocenters. The van der Waals surface area contributed by atoms with Crippen LogP contribution in [0.5, 0.6) is 0 Å². The number of unbranched alkanes of at least 4 members (excludes halogenated alkanes) is 7. The summed E-state index contributed by atoms with van der Waals surface area (Å²) in [5.41, 5.74) is 0. The second-order valence-corrected chi connectivity index (χ2v) is 5.45. The summed E-state index contributed by atoms with van der Waals surface area (Å²) < 4.78 is 0. The molecule has 0 rings (SSSR count). The molecule has 0 radical (unpaired) electrons. The first kappa shape index (κ1) is 16.5. The van der Waals surface area contributed by atoms with Gasteiger partial charge in [0.25, 0.3) is 0 Å². The first-order chi connectivity index (χ1) is 8.09. The molecule has 0 aromatic carbocycles. The van der Waals surface area contributed by atoms with Crippen molar-refractivity contribution in [2.75, 3.05) is 0 Å². The Morgan fingerprint density at radius 1 is 0.941 bits per heavy atom. The summed E-state index contributed by atoms with van der Waals surface area (Å²) in [5.74, 6) is -0.505. The van der Waals surface area contributed by atoms with Crippen LogP contribution in [0, 0.1) is 11.8 Å². The highest BCUT2D eigenvalue weighted by atomic mass is 16.4. The summed E-state index contributed by atoms with van der Waals surface area (Å²) >= 11 is 0. The molecule has 0 aromatic heterocycles. The van der Waals surface area contributed by atoms with Gasteiger partial charge in [-0.15, -0.1) is 0 Å². The maximum atomic E-state index is 11.0. The smallest absolute Gasteiger partial charge is 0.306 e. The lowest BCUT2D eigenvalue weighted by atomic mass is 9.90. The third-order valence-electron chi connectivity index (χ3n) is 3.49. The molecular formula is C15H30O2. The van der Waals surface area contributed by atoms with Gasteiger partial charge in [-0.1, -0.05) is 72.1 Å². The van der Waals surface area contributed by atoms with Gasteiger partial charge in [-0.2, -0.15) is 0 Å². The molecule has 0 saturated carbocycles. The average Bonchev–Trinajstić information content (AvgIpc) is 2.26. The van der Waals surface area contributed by atoms with Crippen LogP contribution in [0.25, 0.3) is 0 Å². The Bertz CT molecular complexity index is 187. The molecular weight excluding hydrogens is 212 g/mol. The van der Waals surface area contributed by atoms with Crippen molar-refractivity contribution in [2.24, 2.45) is 11.8 Å². The number of hydrogen-bond donors (Lipinski definition) is 1. The highest BCUT2D eigenvalue weighted by molar-refractivity contribution is 5.70. The lowest BCUT2D eigenvalue weighted by Gasteiger charge is -2.15. The first-order valence-corrected chi connectivity index (χ1v) is 7.32. The van der Waals surface area contributed by atoms with Crippen LogP contribution in [0.3, 0.4) is 0 Å². The zero-order valence-corrected chi connectivity index (χ0v) is 11.9. The normalized spacial score (nSPS) is 12.9. The van der Waals surface area contributed by atoms with Gasteiger partial charge in [0.2, 0.25) is 0 Å². The SMILES string of the molecule is CCCCCCCCCCC(C(=O)O)C(C)C. The van der Waals surface area contributed by atoms with E-state index in [1.54, 1.807) is 0 Å². The molecule has 1 N–H and O–H groups in total. The number of hydrogen-bond acceptors (Lipinski definition) is 1. The standard InChI is InChI=1S/C15H30O2/c1-4-5-6-7-8-9-10-11-12-14(13(2)3)15(16)17/h13-14H,4-12H2,1-3H3,(H,16,17). The molecule has 0 spiro atoms. The molecule has 0 heterocycles. The fourth-order valence-electron chi connectivity index (χ4n) is 2.24. The van der Waals surface area contributed by atoms with Gasteiger partial charge in [0.1, 0.15) is 0 Å². The predicted molar refractivity (Wildman–Crippen MR) is 73.2 cm³/mol. The second-order valence-electron chi connectivity index (χ2n) is 5.45. The number of rotatable bonds is 11. The highest BCUT2D eigenvalue weighted by Gasteiger charge is 2.20. The number of carboxylic acid groups (broad SMARTS) is 1. The molecule has 0 aromatic rings.